The standard InChI is InChI=1S/C26H33N5OS/c1-27-11-12-28-20-9-8-18-15-25(33-24(18)16-20)26(32)30-21(10-13-31(2)3)14-19-17-29-23-7-5-4-6-22(19)23/h4-9,15-17,21,27-29H,10-14H2,1-3H3,(H,30,32). The first-order valence-corrected chi connectivity index (χ1v) is 12.3. The lowest BCUT2D eigenvalue weighted by atomic mass is 10.0. The van der Waals surface area contributed by atoms with E-state index in [-0.39, 0.29) is 11.9 Å². The van der Waals surface area contributed by atoms with Crippen LogP contribution in [-0.4, -0.2) is 62.6 Å². The molecule has 4 N–H and O–H groups in total. The second-order valence-corrected chi connectivity index (χ2v) is 9.80. The van der Waals surface area contributed by atoms with Gasteiger partial charge in [-0.25, -0.2) is 0 Å². The first-order valence-electron chi connectivity index (χ1n) is 11.5. The van der Waals surface area contributed by atoms with Crippen LogP contribution in [0.25, 0.3) is 21.0 Å². The van der Waals surface area contributed by atoms with E-state index < -0.39 is 0 Å². The highest BCUT2D eigenvalue weighted by atomic mass is 32.1. The summed E-state index contributed by atoms with van der Waals surface area (Å²) in [4.78, 5) is 19.5. The third-order valence-corrected chi connectivity index (χ3v) is 6.95. The number of hydrogen-bond donors (Lipinski definition) is 4. The number of carbonyl (C=O) groups excluding carboxylic acids is 1. The Hall–Kier alpha value is -2.87. The number of nitrogens with one attached hydrogen (secondary N) is 4. The van der Waals surface area contributed by atoms with Gasteiger partial charge in [0.2, 0.25) is 0 Å². The van der Waals surface area contributed by atoms with Gasteiger partial charge in [0.15, 0.2) is 0 Å². The van der Waals surface area contributed by atoms with Crippen molar-refractivity contribution in [3.05, 3.63) is 65.2 Å². The van der Waals surface area contributed by atoms with Gasteiger partial charge < -0.3 is 25.8 Å². The summed E-state index contributed by atoms with van der Waals surface area (Å²) in [5.74, 6) is 0.00416. The number of aromatic nitrogens is 1. The molecule has 4 aromatic rings. The topological polar surface area (TPSA) is 72.2 Å². The number of H-pyrrole nitrogens is 1. The van der Waals surface area contributed by atoms with Crippen LogP contribution in [0.15, 0.2) is 54.7 Å². The molecule has 0 aliphatic rings. The summed E-state index contributed by atoms with van der Waals surface area (Å²) in [6, 6.07) is 16.7. The third kappa shape index (κ3) is 5.93. The Balaban J connectivity index is 1.49. The van der Waals surface area contributed by atoms with Crippen molar-refractivity contribution in [2.45, 2.75) is 18.9 Å². The molecule has 2 aromatic carbocycles. The maximum atomic E-state index is 13.2. The van der Waals surface area contributed by atoms with Crippen LogP contribution in [0.2, 0.25) is 0 Å². The molecule has 174 valence electrons. The number of para-hydroxylation sites is 1. The molecule has 33 heavy (non-hydrogen) atoms. The number of aromatic amines is 1. The van der Waals surface area contributed by atoms with E-state index in [1.54, 1.807) is 11.3 Å². The summed E-state index contributed by atoms with van der Waals surface area (Å²) in [5, 5.41) is 12.2. The Labute approximate surface area is 199 Å². The lowest BCUT2D eigenvalue weighted by molar-refractivity contribution is 0.0937. The molecule has 1 unspecified atom stereocenters. The molecule has 0 saturated heterocycles. The minimum atomic E-state index is 0.00416. The number of nitrogens with zero attached hydrogens (tertiary/aromatic N) is 1. The zero-order valence-electron chi connectivity index (χ0n) is 19.6. The highest BCUT2D eigenvalue weighted by Gasteiger charge is 2.18. The van der Waals surface area contributed by atoms with Gasteiger partial charge in [0, 0.05) is 46.6 Å². The average molecular weight is 464 g/mol. The van der Waals surface area contributed by atoms with Gasteiger partial charge in [-0.2, -0.15) is 0 Å². The summed E-state index contributed by atoms with van der Waals surface area (Å²) < 4.78 is 1.12. The molecule has 6 nitrogen and oxygen atoms in total. The molecule has 1 atom stereocenters. The molecule has 2 aromatic heterocycles. The van der Waals surface area contributed by atoms with E-state index >= 15 is 0 Å². The molecular weight excluding hydrogens is 430 g/mol. The average Bonchev–Trinajstić information content (AvgIpc) is 3.42. The van der Waals surface area contributed by atoms with E-state index in [0.29, 0.717) is 0 Å². The van der Waals surface area contributed by atoms with Crippen molar-refractivity contribution in [2.24, 2.45) is 0 Å². The van der Waals surface area contributed by atoms with Crippen molar-refractivity contribution in [3.8, 4) is 0 Å². The number of benzene rings is 2. The highest BCUT2D eigenvalue weighted by molar-refractivity contribution is 7.20. The Morgan fingerprint density at radius 2 is 1.97 bits per heavy atom. The van der Waals surface area contributed by atoms with Crippen LogP contribution >= 0.6 is 11.3 Å². The van der Waals surface area contributed by atoms with Crippen LogP contribution in [0.3, 0.4) is 0 Å². The molecule has 4 rings (SSSR count). The molecule has 7 heteroatoms. The van der Waals surface area contributed by atoms with Crippen LogP contribution in [0.1, 0.15) is 21.7 Å². The van der Waals surface area contributed by atoms with Gasteiger partial charge in [-0.3, -0.25) is 4.79 Å². The number of likely N-dealkylation sites (N-methyl/N-ethyl adjacent to an activating group) is 1. The molecule has 0 aliphatic carbocycles. The lowest BCUT2D eigenvalue weighted by Crippen LogP contribution is -2.38. The fraction of sp³-hybridized carbons (Fsp3) is 0.346. The van der Waals surface area contributed by atoms with Gasteiger partial charge in [-0.05, 0) is 75.7 Å². The maximum absolute atomic E-state index is 13.2. The van der Waals surface area contributed by atoms with Gasteiger partial charge in [0.1, 0.15) is 0 Å². The smallest absolute Gasteiger partial charge is 0.261 e. The number of amides is 1. The molecule has 0 bridgehead atoms. The SMILES string of the molecule is CNCCNc1ccc2cc(C(=O)NC(CCN(C)C)Cc3c[nH]c4ccccc34)sc2c1. The quantitative estimate of drug-likeness (QED) is 0.250. The van der Waals surface area contributed by atoms with E-state index in [2.05, 4.69) is 82.5 Å². The molecule has 2 heterocycles. The first-order chi connectivity index (χ1) is 16.0. The lowest BCUT2D eigenvalue weighted by Gasteiger charge is -2.20. The minimum Gasteiger partial charge on any atom is -0.384 e. The Morgan fingerprint density at radius 1 is 1.12 bits per heavy atom. The number of carbonyl (C=O) groups is 1. The molecule has 0 spiro atoms. The molecule has 0 saturated carbocycles. The predicted octanol–water partition coefficient (Wildman–Crippen LogP) is 4.31. The summed E-state index contributed by atoms with van der Waals surface area (Å²) in [6.07, 6.45) is 3.76. The van der Waals surface area contributed by atoms with Crippen LogP contribution in [0.5, 0.6) is 0 Å². The van der Waals surface area contributed by atoms with Crippen LogP contribution in [0.4, 0.5) is 5.69 Å². The summed E-state index contributed by atoms with van der Waals surface area (Å²) in [5.41, 5.74) is 3.45. The molecule has 0 fully saturated rings. The number of hydrogen-bond acceptors (Lipinski definition) is 5. The van der Waals surface area contributed by atoms with Crippen molar-refractivity contribution in [2.75, 3.05) is 46.1 Å². The Kier molecular flexibility index (Phi) is 7.65. The van der Waals surface area contributed by atoms with Crippen molar-refractivity contribution in [1.29, 1.82) is 0 Å². The van der Waals surface area contributed by atoms with Crippen LogP contribution in [0, 0.1) is 0 Å². The molecule has 0 aliphatic heterocycles. The molecular formula is C26H33N5OS. The van der Waals surface area contributed by atoms with Gasteiger partial charge in [-0.1, -0.05) is 24.3 Å². The van der Waals surface area contributed by atoms with E-state index in [0.717, 1.165) is 58.6 Å². The largest absolute Gasteiger partial charge is 0.384 e. The van der Waals surface area contributed by atoms with Crippen LogP contribution < -0.4 is 16.0 Å². The fourth-order valence-corrected chi connectivity index (χ4v) is 5.05. The van der Waals surface area contributed by atoms with Gasteiger partial charge in [0.25, 0.3) is 5.91 Å². The summed E-state index contributed by atoms with van der Waals surface area (Å²) >= 11 is 1.55. The van der Waals surface area contributed by atoms with Crippen molar-refractivity contribution >= 4 is 43.9 Å². The third-order valence-electron chi connectivity index (χ3n) is 5.85. The minimum absolute atomic E-state index is 0.00416. The molecule has 1 amide bonds. The van der Waals surface area contributed by atoms with E-state index in [9.17, 15) is 4.79 Å². The summed E-state index contributed by atoms with van der Waals surface area (Å²) in [6.45, 7) is 2.68. The Morgan fingerprint density at radius 3 is 2.79 bits per heavy atom. The number of fused-ring (bicyclic) bond motifs is 2. The second kappa shape index (κ2) is 10.8. The Bertz CT molecular complexity index is 1210. The van der Waals surface area contributed by atoms with E-state index in [1.165, 1.54) is 10.9 Å². The number of thiophene rings is 1. The summed E-state index contributed by atoms with van der Waals surface area (Å²) in [7, 11) is 6.08. The number of anilines is 1. The predicted molar refractivity (Wildman–Crippen MR) is 141 cm³/mol. The fourth-order valence-electron chi connectivity index (χ4n) is 4.05. The second-order valence-electron chi connectivity index (χ2n) is 8.72. The van der Waals surface area contributed by atoms with Crippen molar-refractivity contribution in [3.63, 3.8) is 0 Å². The molecule has 0 radical (unpaired) electrons. The number of rotatable bonds is 11. The van der Waals surface area contributed by atoms with Crippen molar-refractivity contribution in [1.82, 2.24) is 20.5 Å². The van der Waals surface area contributed by atoms with Gasteiger partial charge in [-0.15, -0.1) is 11.3 Å². The zero-order valence-corrected chi connectivity index (χ0v) is 20.4. The van der Waals surface area contributed by atoms with E-state index in [1.807, 2.05) is 19.2 Å². The highest BCUT2D eigenvalue weighted by Crippen LogP contribution is 2.28. The van der Waals surface area contributed by atoms with Gasteiger partial charge >= 0.3 is 0 Å². The maximum Gasteiger partial charge on any atom is 0.261 e. The van der Waals surface area contributed by atoms with E-state index in [4.69, 9.17) is 0 Å². The monoisotopic (exact) mass is 463 g/mol. The van der Waals surface area contributed by atoms with Gasteiger partial charge in [0.05, 0.1) is 4.88 Å². The van der Waals surface area contributed by atoms with Crippen molar-refractivity contribution < 1.29 is 4.79 Å². The zero-order chi connectivity index (χ0) is 23.2. The first kappa shape index (κ1) is 23.3. The van der Waals surface area contributed by atoms with Crippen LogP contribution in [-0.2, 0) is 6.42 Å². The normalized spacial score (nSPS) is 12.5.